The predicted molar refractivity (Wildman–Crippen MR) is 63.1 cm³/mol. The van der Waals surface area contributed by atoms with Gasteiger partial charge in [-0.05, 0) is 0 Å². The summed E-state index contributed by atoms with van der Waals surface area (Å²) in [5, 5.41) is 0. The lowest BCUT2D eigenvalue weighted by molar-refractivity contribution is -0.221. The van der Waals surface area contributed by atoms with Crippen LogP contribution >= 0.6 is 0 Å². The van der Waals surface area contributed by atoms with Crippen molar-refractivity contribution in [2.45, 2.75) is 12.3 Å². The molecule has 0 bridgehead atoms. The molecule has 1 aromatic heterocycles. The molecule has 6 nitrogen and oxygen atoms in total. The van der Waals surface area contributed by atoms with Crippen LogP contribution in [0, 0.1) is 0 Å². The summed E-state index contributed by atoms with van der Waals surface area (Å²) in [4.78, 5) is 9.45. The van der Waals surface area contributed by atoms with Crippen LogP contribution in [0.15, 0.2) is 6.07 Å². The summed E-state index contributed by atoms with van der Waals surface area (Å²) in [7, 11) is 2.81. The van der Waals surface area contributed by atoms with Gasteiger partial charge in [-0.15, -0.1) is 0 Å². The number of aromatic nitrogens is 2. The first-order chi connectivity index (χ1) is 9.44. The second-order valence-corrected chi connectivity index (χ2v) is 4.10. The fourth-order valence-corrected chi connectivity index (χ4v) is 1.77. The smallest absolute Gasteiger partial charge is 0.416 e. The van der Waals surface area contributed by atoms with E-state index in [1.54, 1.807) is 0 Å². The lowest BCUT2D eigenvalue weighted by atomic mass is 10.3. The zero-order valence-electron chi connectivity index (χ0n) is 11.0. The molecule has 1 aliphatic rings. The molecule has 2 heterocycles. The van der Waals surface area contributed by atoms with Gasteiger partial charge in [0.05, 0.1) is 33.4 Å². The zero-order chi connectivity index (χ0) is 14.8. The maximum atomic E-state index is 12.7. The number of morpholine rings is 1. The van der Waals surface area contributed by atoms with Crippen LogP contribution < -0.4 is 14.4 Å². The summed E-state index contributed by atoms with van der Waals surface area (Å²) in [6.07, 6.45) is -6.27. The van der Waals surface area contributed by atoms with Gasteiger partial charge in [-0.1, -0.05) is 0 Å². The average molecular weight is 293 g/mol. The number of methoxy groups -OCH3 is 2. The fourth-order valence-electron chi connectivity index (χ4n) is 1.77. The van der Waals surface area contributed by atoms with Crippen LogP contribution in [-0.4, -0.2) is 56.2 Å². The van der Waals surface area contributed by atoms with Crippen molar-refractivity contribution in [2.24, 2.45) is 0 Å². The first-order valence-corrected chi connectivity index (χ1v) is 5.84. The third-order valence-electron chi connectivity index (χ3n) is 2.80. The lowest BCUT2D eigenvalue weighted by Gasteiger charge is -2.33. The normalized spacial score (nSPS) is 19.9. The van der Waals surface area contributed by atoms with Crippen LogP contribution in [0.4, 0.5) is 19.1 Å². The van der Waals surface area contributed by atoms with E-state index in [0.29, 0.717) is 0 Å². The molecule has 0 aliphatic carbocycles. The second kappa shape index (κ2) is 5.70. The maximum Gasteiger partial charge on any atom is 0.416 e. The van der Waals surface area contributed by atoms with Gasteiger partial charge in [-0.2, -0.15) is 23.1 Å². The van der Waals surface area contributed by atoms with E-state index in [0.717, 1.165) is 0 Å². The quantitative estimate of drug-likeness (QED) is 0.836. The van der Waals surface area contributed by atoms with Gasteiger partial charge in [0.25, 0.3) is 0 Å². The Morgan fingerprint density at radius 1 is 1.25 bits per heavy atom. The molecule has 1 saturated heterocycles. The predicted octanol–water partition coefficient (Wildman–Crippen LogP) is 1.26. The second-order valence-electron chi connectivity index (χ2n) is 4.10. The van der Waals surface area contributed by atoms with Crippen LogP contribution in [0.2, 0.25) is 0 Å². The highest BCUT2D eigenvalue weighted by Gasteiger charge is 2.43. The molecule has 20 heavy (non-hydrogen) atoms. The molecule has 1 unspecified atom stereocenters. The molecule has 2 rings (SSSR count). The summed E-state index contributed by atoms with van der Waals surface area (Å²) in [6, 6.07) is 1.45. The Balaban J connectivity index is 2.22. The summed E-state index contributed by atoms with van der Waals surface area (Å²) in [5.41, 5.74) is 0. The molecular formula is C11H14F3N3O3. The minimum atomic E-state index is -4.42. The number of ether oxygens (including phenoxy) is 3. The minimum Gasteiger partial charge on any atom is -0.481 e. The van der Waals surface area contributed by atoms with Crippen molar-refractivity contribution in [3.8, 4) is 11.8 Å². The number of rotatable bonds is 3. The average Bonchev–Trinajstić information content (AvgIpc) is 2.46. The summed E-state index contributed by atoms with van der Waals surface area (Å²) >= 11 is 0. The molecule has 0 N–H and O–H groups in total. The Morgan fingerprint density at radius 3 is 2.35 bits per heavy atom. The van der Waals surface area contributed by atoms with Crippen molar-refractivity contribution < 1.29 is 27.4 Å². The molecule has 1 fully saturated rings. The number of hydrogen-bond acceptors (Lipinski definition) is 6. The molecule has 0 saturated carbocycles. The molecule has 112 valence electrons. The van der Waals surface area contributed by atoms with Crippen LogP contribution in [0.3, 0.4) is 0 Å². The maximum absolute atomic E-state index is 12.7. The van der Waals surface area contributed by atoms with Crippen molar-refractivity contribution >= 4 is 5.95 Å². The molecule has 0 spiro atoms. The van der Waals surface area contributed by atoms with E-state index in [4.69, 9.17) is 14.2 Å². The van der Waals surface area contributed by atoms with Crippen molar-refractivity contribution in [1.82, 2.24) is 9.97 Å². The van der Waals surface area contributed by atoms with Gasteiger partial charge >= 0.3 is 6.18 Å². The van der Waals surface area contributed by atoms with E-state index in [-0.39, 0.29) is 37.4 Å². The van der Waals surface area contributed by atoms with Gasteiger partial charge < -0.3 is 19.1 Å². The minimum absolute atomic E-state index is 0.0485. The van der Waals surface area contributed by atoms with E-state index in [2.05, 4.69) is 9.97 Å². The molecule has 0 amide bonds. The van der Waals surface area contributed by atoms with E-state index < -0.39 is 12.3 Å². The van der Waals surface area contributed by atoms with Crippen LogP contribution in [-0.2, 0) is 4.74 Å². The third-order valence-corrected chi connectivity index (χ3v) is 2.80. The first kappa shape index (κ1) is 14.6. The highest BCUT2D eigenvalue weighted by molar-refractivity contribution is 5.37. The van der Waals surface area contributed by atoms with E-state index in [1.165, 1.54) is 25.2 Å². The summed E-state index contributed by atoms with van der Waals surface area (Å²) in [6.45, 7) is -0.143. The van der Waals surface area contributed by atoms with Crippen LogP contribution in [0.5, 0.6) is 11.8 Å². The molecule has 0 radical (unpaired) electrons. The van der Waals surface area contributed by atoms with Crippen molar-refractivity contribution in [1.29, 1.82) is 0 Å². The standard InChI is InChI=1S/C11H14F3N3O3/c1-18-8-5-9(19-2)16-10(15-8)17-3-4-20-7(6-17)11(12,13)14/h5,7H,3-4,6H2,1-2H3. The largest absolute Gasteiger partial charge is 0.481 e. The molecule has 9 heteroatoms. The highest BCUT2D eigenvalue weighted by atomic mass is 19.4. The molecular weight excluding hydrogens is 279 g/mol. The Morgan fingerprint density at radius 2 is 1.85 bits per heavy atom. The first-order valence-electron chi connectivity index (χ1n) is 5.84. The number of halogens is 3. The fraction of sp³-hybridized carbons (Fsp3) is 0.636. The van der Waals surface area contributed by atoms with Gasteiger partial charge in [0.15, 0.2) is 6.10 Å². The van der Waals surface area contributed by atoms with Crippen LogP contribution in [0.1, 0.15) is 0 Å². The van der Waals surface area contributed by atoms with E-state index in [9.17, 15) is 13.2 Å². The highest BCUT2D eigenvalue weighted by Crippen LogP contribution is 2.28. The molecule has 1 atom stereocenters. The van der Waals surface area contributed by atoms with Gasteiger partial charge in [0.2, 0.25) is 17.7 Å². The Bertz CT molecular complexity index is 448. The van der Waals surface area contributed by atoms with Crippen molar-refractivity contribution in [3.63, 3.8) is 0 Å². The molecule has 1 aliphatic heterocycles. The van der Waals surface area contributed by atoms with Crippen molar-refractivity contribution in [2.75, 3.05) is 38.8 Å². The Kier molecular flexibility index (Phi) is 4.17. The number of nitrogens with zero attached hydrogens (tertiary/aromatic N) is 3. The van der Waals surface area contributed by atoms with Gasteiger partial charge in [-0.25, -0.2) is 0 Å². The van der Waals surface area contributed by atoms with E-state index >= 15 is 0 Å². The zero-order valence-corrected chi connectivity index (χ0v) is 11.0. The monoisotopic (exact) mass is 293 g/mol. The van der Waals surface area contributed by atoms with Gasteiger partial charge in [0, 0.05) is 6.54 Å². The Labute approximate surface area is 113 Å². The lowest BCUT2D eigenvalue weighted by Crippen LogP contribution is -2.49. The van der Waals surface area contributed by atoms with Crippen LogP contribution in [0.25, 0.3) is 0 Å². The number of alkyl halides is 3. The topological polar surface area (TPSA) is 56.7 Å². The summed E-state index contributed by atoms with van der Waals surface area (Å²) in [5.74, 6) is 0.572. The molecule has 0 aromatic carbocycles. The van der Waals surface area contributed by atoms with Crippen molar-refractivity contribution in [3.05, 3.63) is 6.07 Å². The Hall–Kier alpha value is -1.77. The third kappa shape index (κ3) is 3.21. The van der Waals surface area contributed by atoms with Gasteiger partial charge in [-0.3, -0.25) is 0 Å². The van der Waals surface area contributed by atoms with Gasteiger partial charge in [0.1, 0.15) is 0 Å². The SMILES string of the molecule is COc1cc(OC)nc(N2CCOC(C(F)(F)F)C2)n1. The number of anilines is 1. The summed E-state index contributed by atoms with van der Waals surface area (Å²) < 4.78 is 52.7. The molecule has 1 aromatic rings. The van der Waals surface area contributed by atoms with E-state index in [1.807, 2.05) is 0 Å². The number of hydrogen-bond donors (Lipinski definition) is 0.